The summed E-state index contributed by atoms with van der Waals surface area (Å²) in [6.45, 7) is 1.39. The zero-order valence-corrected chi connectivity index (χ0v) is 22.6. The molecule has 0 aliphatic rings. The molecule has 0 atom stereocenters. The smallest absolute Gasteiger partial charge is 0.243 e. The first-order chi connectivity index (χ1) is 18.8. The maximum absolute atomic E-state index is 13.5. The molecule has 0 spiro atoms. The summed E-state index contributed by atoms with van der Waals surface area (Å²) in [5.74, 6) is 0.107. The topological polar surface area (TPSA) is 97.4 Å². The van der Waals surface area contributed by atoms with E-state index in [1.54, 1.807) is 16.7 Å². The van der Waals surface area contributed by atoms with E-state index in [0.29, 0.717) is 16.5 Å². The van der Waals surface area contributed by atoms with Crippen LogP contribution in [0.2, 0.25) is 5.02 Å². The van der Waals surface area contributed by atoms with Gasteiger partial charge >= 0.3 is 0 Å². The highest BCUT2D eigenvalue weighted by Crippen LogP contribution is 2.25. The number of sulfonamides is 1. The molecule has 0 saturated carbocycles. The molecule has 2 heterocycles. The van der Waals surface area contributed by atoms with Gasteiger partial charge < -0.3 is 4.42 Å². The molecule has 5 aromatic rings. The number of halogens is 1. The molecular formula is C29H25ClN4O4S. The van der Waals surface area contributed by atoms with Crippen molar-refractivity contribution in [3.05, 3.63) is 120 Å². The molecular weight excluding hydrogens is 536 g/mol. The molecule has 5 rings (SSSR count). The van der Waals surface area contributed by atoms with E-state index in [1.807, 2.05) is 67.7 Å². The number of aryl methyl sites for hydroxylation is 1. The van der Waals surface area contributed by atoms with Gasteiger partial charge in [0.05, 0.1) is 29.9 Å². The van der Waals surface area contributed by atoms with Crippen LogP contribution in [0.25, 0.3) is 16.9 Å². The lowest BCUT2D eigenvalue weighted by Crippen LogP contribution is -2.37. The predicted molar refractivity (Wildman–Crippen MR) is 150 cm³/mol. The predicted octanol–water partition coefficient (Wildman–Crippen LogP) is 5.92. The summed E-state index contributed by atoms with van der Waals surface area (Å²) in [5.41, 5.74) is 3.43. The molecule has 3 aromatic carbocycles. The van der Waals surface area contributed by atoms with Gasteiger partial charge in [0.15, 0.2) is 0 Å². The van der Waals surface area contributed by atoms with E-state index in [0.717, 1.165) is 21.1 Å². The molecule has 1 amide bonds. The van der Waals surface area contributed by atoms with E-state index < -0.39 is 22.5 Å². The van der Waals surface area contributed by atoms with E-state index in [9.17, 15) is 13.2 Å². The Bertz CT molecular complexity index is 1670. The first kappa shape index (κ1) is 26.4. The molecule has 8 nitrogen and oxygen atoms in total. The molecule has 2 aromatic heterocycles. The minimum atomic E-state index is -4.06. The fourth-order valence-corrected chi connectivity index (χ4v) is 5.49. The third kappa shape index (κ3) is 6.12. The van der Waals surface area contributed by atoms with Gasteiger partial charge in [0, 0.05) is 22.5 Å². The number of carbonyl (C=O) groups excluding carboxylic acids is 1. The van der Waals surface area contributed by atoms with Crippen molar-refractivity contribution in [3.63, 3.8) is 0 Å². The second-order valence-electron chi connectivity index (χ2n) is 8.88. The molecule has 0 saturated heterocycles. The minimum absolute atomic E-state index is 0.0128. The summed E-state index contributed by atoms with van der Waals surface area (Å²) in [7, 11) is -4.06. The van der Waals surface area contributed by atoms with Crippen LogP contribution >= 0.6 is 11.6 Å². The molecule has 0 aliphatic carbocycles. The summed E-state index contributed by atoms with van der Waals surface area (Å²) in [4.78, 5) is 18.0. The van der Waals surface area contributed by atoms with Crippen LogP contribution in [0.15, 0.2) is 113 Å². The SMILES string of the molecule is Cc1ccc(-n2cc(-c3ccccc3)nc2NC(=O)CN(Cc2ccco2)S(=O)(=O)c2ccc(Cl)cc2)cc1. The number of aromatic nitrogens is 2. The summed E-state index contributed by atoms with van der Waals surface area (Å²) in [5, 5.41) is 3.22. The van der Waals surface area contributed by atoms with Gasteiger partial charge in [-0.2, -0.15) is 4.31 Å². The van der Waals surface area contributed by atoms with Crippen LogP contribution in [-0.2, 0) is 21.4 Å². The maximum Gasteiger partial charge on any atom is 0.243 e. The first-order valence-corrected chi connectivity index (χ1v) is 13.9. The van der Waals surface area contributed by atoms with Crippen molar-refractivity contribution in [1.29, 1.82) is 0 Å². The van der Waals surface area contributed by atoms with Crippen molar-refractivity contribution < 1.29 is 17.6 Å². The van der Waals surface area contributed by atoms with Gasteiger partial charge in [0.2, 0.25) is 21.9 Å². The Morgan fingerprint density at radius 2 is 1.69 bits per heavy atom. The zero-order valence-electron chi connectivity index (χ0n) is 21.0. The highest BCUT2D eigenvalue weighted by molar-refractivity contribution is 7.89. The highest BCUT2D eigenvalue weighted by Gasteiger charge is 2.28. The Kier molecular flexibility index (Phi) is 7.65. The molecule has 0 radical (unpaired) electrons. The zero-order chi connectivity index (χ0) is 27.4. The molecule has 0 aliphatic heterocycles. The second kappa shape index (κ2) is 11.3. The van der Waals surface area contributed by atoms with Crippen LogP contribution in [0.5, 0.6) is 0 Å². The molecule has 10 heteroatoms. The van der Waals surface area contributed by atoms with Crippen molar-refractivity contribution in [1.82, 2.24) is 13.9 Å². The van der Waals surface area contributed by atoms with Crippen molar-refractivity contribution in [2.24, 2.45) is 0 Å². The van der Waals surface area contributed by atoms with Crippen LogP contribution in [0, 0.1) is 6.92 Å². The van der Waals surface area contributed by atoms with Crippen molar-refractivity contribution in [3.8, 4) is 16.9 Å². The average molecular weight is 561 g/mol. The van der Waals surface area contributed by atoms with Crippen LogP contribution in [0.1, 0.15) is 11.3 Å². The number of rotatable bonds is 9. The van der Waals surface area contributed by atoms with Gasteiger partial charge in [-0.1, -0.05) is 59.6 Å². The van der Waals surface area contributed by atoms with Crippen molar-refractivity contribution in [2.75, 3.05) is 11.9 Å². The number of furan rings is 1. The van der Waals surface area contributed by atoms with Gasteiger partial charge in [0.25, 0.3) is 0 Å². The number of nitrogens with zero attached hydrogens (tertiary/aromatic N) is 3. The van der Waals surface area contributed by atoms with Gasteiger partial charge in [-0.15, -0.1) is 0 Å². The summed E-state index contributed by atoms with van der Waals surface area (Å²) < 4.78 is 35.2. The fourth-order valence-electron chi connectivity index (χ4n) is 4.00. The Hall–Kier alpha value is -4.18. The first-order valence-electron chi connectivity index (χ1n) is 12.1. The van der Waals surface area contributed by atoms with Crippen LogP contribution in [0.4, 0.5) is 5.95 Å². The number of amides is 1. The van der Waals surface area contributed by atoms with E-state index in [1.165, 1.54) is 30.5 Å². The lowest BCUT2D eigenvalue weighted by atomic mass is 10.2. The van der Waals surface area contributed by atoms with E-state index >= 15 is 0 Å². The maximum atomic E-state index is 13.5. The molecule has 1 N–H and O–H groups in total. The monoisotopic (exact) mass is 560 g/mol. The summed E-state index contributed by atoms with van der Waals surface area (Å²) in [6, 6.07) is 26.5. The lowest BCUT2D eigenvalue weighted by molar-refractivity contribution is -0.116. The largest absolute Gasteiger partial charge is 0.468 e. The Morgan fingerprint density at radius 3 is 2.36 bits per heavy atom. The van der Waals surface area contributed by atoms with Gasteiger partial charge in [-0.05, 0) is 55.5 Å². The third-order valence-electron chi connectivity index (χ3n) is 6.02. The Labute approximate surface area is 231 Å². The number of hydrogen-bond acceptors (Lipinski definition) is 5. The lowest BCUT2D eigenvalue weighted by Gasteiger charge is -2.21. The van der Waals surface area contributed by atoms with Gasteiger partial charge in [-0.25, -0.2) is 13.4 Å². The summed E-state index contributed by atoms with van der Waals surface area (Å²) >= 11 is 5.95. The number of nitrogens with one attached hydrogen (secondary N) is 1. The van der Waals surface area contributed by atoms with Gasteiger partial charge in [0.1, 0.15) is 5.76 Å². The summed E-state index contributed by atoms with van der Waals surface area (Å²) in [6.07, 6.45) is 3.28. The molecule has 39 heavy (non-hydrogen) atoms. The number of imidazole rings is 1. The fraction of sp³-hybridized carbons (Fsp3) is 0.103. The quantitative estimate of drug-likeness (QED) is 0.241. The third-order valence-corrected chi connectivity index (χ3v) is 8.08. The van der Waals surface area contributed by atoms with E-state index in [2.05, 4.69) is 10.3 Å². The molecule has 0 unspecified atom stereocenters. The number of hydrogen-bond donors (Lipinski definition) is 1. The second-order valence-corrected chi connectivity index (χ2v) is 11.3. The Balaban J connectivity index is 1.46. The standard InChI is InChI=1S/C29H25ClN4O4S/c1-21-9-13-24(14-10-21)34-19-27(22-6-3-2-4-7-22)31-29(34)32-28(35)20-33(18-25-8-5-17-38-25)39(36,37)26-15-11-23(30)12-16-26/h2-17,19H,18,20H2,1H3,(H,31,32,35). The minimum Gasteiger partial charge on any atom is -0.468 e. The highest BCUT2D eigenvalue weighted by atomic mass is 35.5. The average Bonchev–Trinajstić information content (AvgIpc) is 3.60. The van der Waals surface area contributed by atoms with Gasteiger partial charge in [-0.3, -0.25) is 14.7 Å². The van der Waals surface area contributed by atoms with Crippen LogP contribution in [0.3, 0.4) is 0 Å². The Morgan fingerprint density at radius 1 is 0.974 bits per heavy atom. The van der Waals surface area contributed by atoms with Crippen molar-refractivity contribution in [2.45, 2.75) is 18.4 Å². The molecule has 0 fully saturated rings. The number of carbonyl (C=O) groups is 1. The molecule has 0 bridgehead atoms. The van der Waals surface area contributed by atoms with E-state index in [-0.39, 0.29) is 17.4 Å². The van der Waals surface area contributed by atoms with Crippen LogP contribution in [-0.4, -0.2) is 34.7 Å². The molecule has 198 valence electrons. The normalized spacial score (nSPS) is 11.6. The van der Waals surface area contributed by atoms with Crippen molar-refractivity contribution >= 4 is 33.5 Å². The number of benzene rings is 3. The van der Waals surface area contributed by atoms with Crippen LogP contribution < -0.4 is 5.32 Å². The number of anilines is 1. The van der Waals surface area contributed by atoms with E-state index in [4.69, 9.17) is 16.0 Å².